The minimum Gasteiger partial charge on any atom is -0.333 e. The van der Waals surface area contributed by atoms with Gasteiger partial charge in [0, 0.05) is 13.1 Å². The van der Waals surface area contributed by atoms with E-state index >= 15 is 0 Å². The number of alkyl halides is 3. The van der Waals surface area contributed by atoms with Crippen molar-refractivity contribution in [2.45, 2.75) is 38.8 Å². The van der Waals surface area contributed by atoms with Crippen LogP contribution in [0.2, 0.25) is 0 Å². The molecule has 9 heteroatoms. The molecule has 0 bridgehead atoms. The lowest BCUT2D eigenvalue weighted by atomic mass is 9.67. The Hall–Kier alpha value is -1.80. The second-order valence-corrected chi connectivity index (χ2v) is 7.64. The topological polar surface area (TPSA) is 61.4 Å². The molecule has 0 radical (unpaired) electrons. The molecule has 162 valence electrons. The zero-order valence-corrected chi connectivity index (χ0v) is 17.2. The van der Waals surface area contributed by atoms with E-state index in [-0.39, 0.29) is 36.5 Å². The number of fused-ring (bicyclic) bond motifs is 1. The van der Waals surface area contributed by atoms with Crippen LogP contribution in [-0.4, -0.2) is 42.9 Å². The van der Waals surface area contributed by atoms with Crippen LogP contribution in [0.15, 0.2) is 24.3 Å². The Bertz CT molecular complexity index is 744. The van der Waals surface area contributed by atoms with Crippen LogP contribution in [0, 0.1) is 11.3 Å². The van der Waals surface area contributed by atoms with Crippen molar-refractivity contribution >= 4 is 29.9 Å². The molecule has 2 amide bonds. The molecule has 0 unspecified atom stereocenters. The standard InChI is InChI=1S/C20H26F3N3O2.ClH/c1-2-26(18(28)19-10-6-5-7-14(19)11-24-13-19)12-17(27)25-16-9-4-3-8-15(16)20(21,22)23;/h3-4,8-9,14,24H,2,5-7,10-13H2,1H3,(H,25,27);1H/t14-,19+;/m0./s1. The maximum absolute atomic E-state index is 13.3. The van der Waals surface area contributed by atoms with Crippen molar-refractivity contribution in [2.75, 3.05) is 31.5 Å². The van der Waals surface area contributed by atoms with Crippen LogP contribution < -0.4 is 10.6 Å². The fraction of sp³-hybridized carbons (Fsp3) is 0.600. The van der Waals surface area contributed by atoms with Crippen LogP contribution in [0.4, 0.5) is 18.9 Å². The van der Waals surface area contributed by atoms with Crippen molar-refractivity contribution < 1.29 is 22.8 Å². The van der Waals surface area contributed by atoms with Gasteiger partial charge in [0.05, 0.1) is 23.2 Å². The summed E-state index contributed by atoms with van der Waals surface area (Å²) in [6.45, 7) is 3.27. The first-order chi connectivity index (χ1) is 13.3. The Kier molecular flexibility index (Phi) is 7.56. The summed E-state index contributed by atoms with van der Waals surface area (Å²) in [5, 5.41) is 5.64. The Labute approximate surface area is 174 Å². The highest BCUT2D eigenvalue weighted by atomic mass is 35.5. The molecule has 1 aromatic rings. The summed E-state index contributed by atoms with van der Waals surface area (Å²) < 4.78 is 39.4. The van der Waals surface area contributed by atoms with Gasteiger partial charge in [0.25, 0.3) is 0 Å². The van der Waals surface area contributed by atoms with Gasteiger partial charge in [0.1, 0.15) is 0 Å². The maximum Gasteiger partial charge on any atom is 0.418 e. The van der Waals surface area contributed by atoms with Crippen LogP contribution in [0.5, 0.6) is 0 Å². The normalized spacial score (nSPS) is 23.7. The molecule has 5 nitrogen and oxygen atoms in total. The summed E-state index contributed by atoms with van der Waals surface area (Å²) in [4.78, 5) is 27.2. The fourth-order valence-corrected chi connectivity index (χ4v) is 4.51. The van der Waals surface area contributed by atoms with Gasteiger partial charge in [-0.15, -0.1) is 12.4 Å². The zero-order chi connectivity index (χ0) is 20.4. The molecule has 1 aromatic carbocycles. The number of nitrogens with one attached hydrogen (secondary N) is 2. The quantitative estimate of drug-likeness (QED) is 0.744. The molecule has 2 atom stereocenters. The largest absolute Gasteiger partial charge is 0.418 e. The number of nitrogens with zero attached hydrogens (tertiary/aromatic N) is 1. The summed E-state index contributed by atoms with van der Waals surface area (Å²) in [5.74, 6) is -0.428. The molecule has 29 heavy (non-hydrogen) atoms. The van der Waals surface area contributed by atoms with Crippen LogP contribution in [0.25, 0.3) is 0 Å². The number of anilines is 1. The van der Waals surface area contributed by atoms with Crippen molar-refractivity contribution in [3.8, 4) is 0 Å². The van der Waals surface area contributed by atoms with Crippen LogP contribution >= 0.6 is 12.4 Å². The number of carbonyl (C=O) groups excluding carboxylic acids is 2. The molecule has 1 saturated carbocycles. The van der Waals surface area contributed by atoms with E-state index in [9.17, 15) is 22.8 Å². The maximum atomic E-state index is 13.3. The van der Waals surface area contributed by atoms with E-state index in [1.165, 1.54) is 23.1 Å². The molecule has 1 saturated heterocycles. The van der Waals surface area contributed by atoms with Gasteiger partial charge < -0.3 is 15.5 Å². The minimum atomic E-state index is -4.56. The lowest BCUT2D eigenvalue weighted by Crippen LogP contribution is -2.51. The third kappa shape index (κ3) is 4.86. The van der Waals surface area contributed by atoms with Crippen LogP contribution in [0.1, 0.15) is 38.2 Å². The number of hydrogen-bond acceptors (Lipinski definition) is 3. The van der Waals surface area contributed by atoms with Gasteiger partial charge in [-0.25, -0.2) is 0 Å². The Morgan fingerprint density at radius 2 is 2.00 bits per heavy atom. The van der Waals surface area contributed by atoms with Crippen molar-refractivity contribution in [3.05, 3.63) is 29.8 Å². The monoisotopic (exact) mass is 433 g/mol. The number of para-hydroxylation sites is 1. The van der Waals surface area contributed by atoms with E-state index in [0.29, 0.717) is 13.1 Å². The average Bonchev–Trinajstić information content (AvgIpc) is 3.10. The smallest absolute Gasteiger partial charge is 0.333 e. The van der Waals surface area contributed by atoms with E-state index in [1.807, 2.05) is 0 Å². The minimum absolute atomic E-state index is 0. The molecule has 2 N–H and O–H groups in total. The molecule has 0 spiro atoms. The molecule has 3 rings (SSSR count). The van der Waals surface area contributed by atoms with Gasteiger partial charge in [-0.05, 0) is 44.4 Å². The summed E-state index contributed by atoms with van der Waals surface area (Å²) >= 11 is 0. The number of rotatable bonds is 5. The number of likely N-dealkylation sites (N-methyl/N-ethyl adjacent to an activating group) is 1. The van der Waals surface area contributed by atoms with E-state index in [0.717, 1.165) is 38.3 Å². The molecule has 0 aromatic heterocycles. The first-order valence-corrected chi connectivity index (χ1v) is 9.74. The molecule has 1 aliphatic carbocycles. The summed E-state index contributed by atoms with van der Waals surface area (Å²) in [7, 11) is 0. The van der Waals surface area contributed by atoms with Crippen LogP contribution in [0.3, 0.4) is 0 Å². The second kappa shape index (κ2) is 9.34. The first-order valence-electron chi connectivity index (χ1n) is 9.74. The van der Waals surface area contributed by atoms with Crippen molar-refractivity contribution in [2.24, 2.45) is 11.3 Å². The summed E-state index contributed by atoms with van der Waals surface area (Å²) in [5.41, 5.74) is -1.68. The van der Waals surface area contributed by atoms with Gasteiger partial charge >= 0.3 is 6.18 Å². The number of hydrogen-bond donors (Lipinski definition) is 2. The van der Waals surface area contributed by atoms with Gasteiger partial charge in [-0.1, -0.05) is 25.0 Å². The van der Waals surface area contributed by atoms with E-state index in [4.69, 9.17) is 0 Å². The highest BCUT2D eigenvalue weighted by Gasteiger charge is 2.51. The zero-order valence-electron chi connectivity index (χ0n) is 16.3. The van der Waals surface area contributed by atoms with Gasteiger partial charge in [0.15, 0.2) is 0 Å². The van der Waals surface area contributed by atoms with E-state index < -0.39 is 23.1 Å². The van der Waals surface area contributed by atoms with Crippen molar-refractivity contribution in [1.29, 1.82) is 0 Å². The van der Waals surface area contributed by atoms with Gasteiger partial charge in [-0.3, -0.25) is 9.59 Å². The highest BCUT2D eigenvalue weighted by molar-refractivity contribution is 5.96. The Balaban J connectivity index is 0.00000300. The summed E-state index contributed by atoms with van der Waals surface area (Å²) in [6, 6.07) is 4.85. The number of carbonyl (C=O) groups is 2. The third-order valence-electron chi connectivity index (χ3n) is 5.97. The Morgan fingerprint density at radius 1 is 1.28 bits per heavy atom. The van der Waals surface area contributed by atoms with Crippen molar-refractivity contribution in [3.63, 3.8) is 0 Å². The first kappa shape index (κ1) is 23.5. The number of benzene rings is 1. The number of amides is 2. The SMILES string of the molecule is CCN(CC(=O)Nc1ccccc1C(F)(F)F)C(=O)[C@@]12CCCC[C@H]1CNC2.Cl. The van der Waals surface area contributed by atoms with E-state index in [2.05, 4.69) is 10.6 Å². The van der Waals surface area contributed by atoms with Gasteiger partial charge in [-0.2, -0.15) is 13.2 Å². The van der Waals surface area contributed by atoms with E-state index in [1.54, 1.807) is 6.92 Å². The summed E-state index contributed by atoms with van der Waals surface area (Å²) in [6.07, 6.45) is -0.706. The Morgan fingerprint density at radius 3 is 2.69 bits per heavy atom. The predicted molar refractivity (Wildman–Crippen MR) is 107 cm³/mol. The highest BCUT2D eigenvalue weighted by Crippen LogP contribution is 2.45. The molecule has 2 aliphatic rings. The molecular formula is C20H27ClF3N3O2. The average molecular weight is 434 g/mol. The van der Waals surface area contributed by atoms with Crippen molar-refractivity contribution in [1.82, 2.24) is 10.2 Å². The molecule has 2 fully saturated rings. The molecule has 1 aliphatic heterocycles. The lowest BCUT2D eigenvalue weighted by Gasteiger charge is -2.40. The second-order valence-electron chi connectivity index (χ2n) is 7.64. The number of halogens is 4. The predicted octanol–water partition coefficient (Wildman–Crippen LogP) is 3.69. The fourth-order valence-electron chi connectivity index (χ4n) is 4.51. The lowest BCUT2D eigenvalue weighted by molar-refractivity contribution is -0.147. The van der Waals surface area contributed by atoms with Gasteiger partial charge in [0.2, 0.25) is 11.8 Å². The molecular weight excluding hydrogens is 407 g/mol. The third-order valence-corrected chi connectivity index (χ3v) is 5.97. The molecule has 1 heterocycles. The van der Waals surface area contributed by atoms with Crippen LogP contribution in [-0.2, 0) is 15.8 Å².